The third-order valence-electron chi connectivity index (χ3n) is 5.41. The molecule has 4 aromatic carbocycles. The molecule has 0 heterocycles. The Labute approximate surface area is 203 Å². The van der Waals surface area contributed by atoms with Gasteiger partial charge in [0.05, 0.1) is 16.5 Å². The molecule has 0 N–H and O–H groups in total. The Hall–Kier alpha value is -2.95. The van der Waals surface area contributed by atoms with Crippen molar-refractivity contribution in [3.63, 3.8) is 0 Å². The molecule has 0 aromatic heterocycles. The van der Waals surface area contributed by atoms with Crippen LogP contribution in [0, 0.1) is 0 Å². The molecule has 0 fully saturated rings. The van der Waals surface area contributed by atoms with Crippen molar-refractivity contribution in [2.75, 3.05) is 12.0 Å². The summed E-state index contributed by atoms with van der Waals surface area (Å²) in [5.74, 6) is 0.382. The molecule has 1 atom stereocenters. The Morgan fingerprint density at radius 3 is 1.67 bits per heavy atom. The molecule has 4 rings (SSSR count). The monoisotopic (exact) mass is 471 g/mol. The standard InChI is InChI=1S/C29H27O2S2/c1-29(22-32-2,24-12-6-3-7-13-24)31-28(30)23-18-20-27(21-19-23)33(25-14-8-4-9-15-25)26-16-10-5-11-17-26/h3-21H,22H2,1-2H3/q+1. The second-order valence-corrected chi connectivity index (χ2v) is 10.8. The van der Waals surface area contributed by atoms with Crippen molar-refractivity contribution in [3.05, 3.63) is 126 Å². The lowest BCUT2D eigenvalue weighted by molar-refractivity contribution is -0.000900. The lowest BCUT2D eigenvalue weighted by Crippen LogP contribution is -2.32. The van der Waals surface area contributed by atoms with Gasteiger partial charge in [-0.05, 0) is 67.3 Å². The minimum atomic E-state index is -0.686. The molecule has 0 aliphatic heterocycles. The highest BCUT2D eigenvalue weighted by Gasteiger charge is 2.32. The van der Waals surface area contributed by atoms with Crippen molar-refractivity contribution in [1.82, 2.24) is 0 Å². The largest absolute Gasteiger partial charge is 0.450 e. The van der Waals surface area contributed by atoms with E-state index in [1.807, 2.05) is 79.9 Å². The van der Waals surface area contributed by atoms with Crippen molar-refractivity contribution in [2.24, 2.45) is 0 Å². The molecule has 0 saturated heterocycles. The lowest BCUT2D eigenvalue weighted by atomic mass is 9.98. The fourth-order valence-corrected chi connectivity index (χ4v) is 6.61. The molecule has 0 radical (unpaired) electrons. The van der Waals surface area contributed by atoms with Crippen LogP contribution >= 0.6 is 11.8 Å². The summed E-state index contributed by atoms with van der Waals surface area (Å²) in [5.41, 5.74) is 0.875. The number of hydrogen-bond acceptors (Lipinski definition) is 3. The summed E-state index contributed by atoms with van der Waals surface area (Å²) in [4.78, 5) is 16.8. The Morgan fingerprint density at radius 1 is 0.727 bits per heavy atom. The Bertz CT molecular complexity index is 1120. The topological polar surface area (TPSA) is 26.3 Å². The summed E-state index contributed by atoms with van der Waals surface area (Å²) in [6, 6.07) is 38.8. The van der Waals surface area contributed by atoms with Gasteiger partial charge in [0.1, 0.15) is 5.60 Å². The van der Waals surface area contributed by atoms with Crippen LogP contribution in [0.25, 0.3) is 0 Å². The predicted molar refractivity (Wildman–Crippen MR) is 139 cm³/mol. The molecule has 4 aromatic rings. The number of carbonyl (C=O) groups excluding carboxylic acids is 1. The van der Waals surface area contributed by atoms with Crippen LogP contribution in [0.3, 0.4) is 0 Å². The zero-order valence-corrected chi connectivity index (χ0v) is 20.4. The third kappa shape index (κ3) is 5.52. The van der Waals surface area contributed by atoms with Crippen LogP contribution in [0.15, 0.2) is 130 Å². The minimum absolute atomic E-state index is 0.243. The van der Waals surface area contributed by atoms with E-state index in [4.69, 9.17) is 4.74 Å². The fourth-order valence-electron chi connectivity index (χ4n) is 3.75. The average Bonchev–Trinajstić information content (AvgIpc) is 2.87. The lowest BCUT2D eigenvalue weighted by Gasteiger charge is -2.29. The number of hydrogen-bond donors (Lipinski definition) is 0. The van der Waals surface area contributed by atoms with Gasteiger partial charge in [-0.25, -0.2) is 4.79 Å². The number of carbonyl (C=O) groups is 1. The first-order valence-corrected chi connectivity index (χ1v) is 13.4. The highest BCUT2D eigenvalue weighted by molar-refractivity contribution is 7.98. The van der Waals surface area contributed by atoms with Crippen molar-refractivity contribution in [2.45, 2.75) is 27.2 Å². The van der Waals surface area contributed by atoms with Gasteiger partial charge in [0.15, 0.2) is 14.7 Å². The second-order valence-electron chi connectivity index (χ2n) is 7.88. The van der Waals surface area contributed by atoms with Gasteiger partial charge in [0.25, 0.3) is 0 Å². The van der Waals surface area contributed by atoms with Gasteiger partial charge in [0, 0.05) is 5.75 Å². The van der Waals surface area contributed by atoms with Crippen LogP contribution in [-0.4, -0.2) is 18.0 Å². The Morgan fingerprint density at radius 2 is 1.18 bits per heavy atom. The van der Waals surface area contributed by atoms with Crippen LogP contribution in [0.4, 0.5) is 0 Å². The number of thioether (sulfide) groups is 1. The van der Waals surface area contributed by atoms with Crippen LogP contribution in [0.5, 0.6) is 0 Å². The summed E-state index contributed by atoms with van der Waals surface area (Å²) in [5, 5.41) is 0. The van der Waals surface area contributed by atoms with Gasteiger partial charge in [-0.15, -0.1) is 0 Å². The first kappa shape index (κ1) is 23.2. The molecule has 166 valence electrons. The first-order valence-electron chi connectivity index (χ1n) is 10.8. The third-order valence-corrected chi connectivity index (χ3v) is 8.48. The molecule has 1 unspecified atom stereocenters. The molecular formula is C29H27O2S2+. The van der Waals surface area contributed by atoms with Crippen molar-refractivity contribution < 1.29 is 9.53 Å². The van der Waals surface area contributed by atoms with Gasteiger partial charge in [-0.1, -0.05) is 66.7 Å². The molecule has 0 aliphatic rings. The first-order chi connectivity index (χ1) is 16.1. The number of rotatable bonds is 8. The van der Waals surface area contributed by atoms with Gasteiger partial charge in [-0.2, -0.15) is 11.8 Å². The molecule has 2 nitrogen and oxygen atoms in total. The van der Waals surface area contributed by atoms with Crippen LogP contribution < -0.4 is 0 Å². The maximum absolute atomic E-state index is 13.1. The van der Waals surface area contributed by atoms with E-state index < -0.39 is 5.60 Å². The number of benzene rings is 4. The van der Waals surface area contributed by atoms with E-state index in [9.17, 15) is 4.79 Å². The fraction of sp³-hybridized carbons (Fsp3) is 0.138. The summed E-state index contributed by atoms with van der Waals surface area (Å²) in [6.07, 6.45) is 2.03. The van der Waals surface area contributed by atoms with Crippen LogP contribution in [0.1, 0.15) is 22.8 Å². The minimum Gasteiger partial charge on any atom is -0.450 e. The molecular weight excluding hydrogens is 444 g/mol. The van der Waals surface area contributed by atoms with Crippen LogP contribution in [0.2, 0.25) is 0 Å². The highest BCUT2D eigenvalue weighted by atomic mass is 32.2. The smallest absolute Gasteiger partial charge is 0.339 e. The zero-order chi connectivity index (χ0) is 23.1. The molecule has 0 aliphatic carbocycles. The average molecular weight is 472 g/mol. The second kappa shape index (κ2) is 10.8. The maximum atomic E-state index is 13.1. The predicted octanol–water partition coefficient (Wildman–Crippen LogP) is 7.22. The van der Waals surface area contributed by atoms with Crippen LogP contribution in [-0.2, 0) is 21.2 Å². The SMILES string of the molecule is CSCC(C)(OC(=O)c1ccc([S+](c2ccccc2)c2ccccc2)cc1)c1ccccc1. The highest BCUT2D eigenvalue weighted by Crippen LogP contribution is 2.32. The van der Waals surface area contributed by atoms with Gasteiger partial charge in [-0.3, -0.25) is 0 Å². The normalized spacial score (nSPS) is 12.8. The molecule has 4 heteroatoms. The van der Waals surface area contributed by atoms with E-state index in [2.05, 4.69) is 48.5 Å². The van der Waals surface area contributed by atoms with E-state index in [1.54, 1.807) is 11.8 Å². The van der Waals surface area contributed by atoms with E-state index >= 15 is 0 Å². The molecule has 0 spiro atoms. The van der Waals surface area contributed by atoms with Crippen molar-refractivity contribution in [3.8, 4) is 0 Å². The maximum Gasteiger partial charge on any atom is 0.339 e. The molecule has 33 heavy (non-hydrogen) atoms. The van der Waals surface area contributed by atoms with Gasteiger partial charge >= 0.3 is 5.97 Å². The van der Waals surface area contributed by atoms with Crippen molar-refractivity contribution in [1.29, 1.82) is 0 Å². The summed E-state index contributed by atoms with van der Waals surface area (Å²) >= 11 is 1.67. The van der Waals surface area contributed by atoms with E-state index in [1.165, 1.54) is 14.7 Å². The Balaban J connectivity index is 1.61. The number of esters is 1. The molecule has 0 bridgehead atoms. The quantitative estimate of drug-likeness (QED) is 0.200. The summed E-state index contributed by atoms with van der Waals surface area (Å²) < 4.78 is 6.06. The zero-order valence-electron chi connectivity index (χ0n) is 18.8. The molecule has 0 amide bonds. The van der Waals surface area contributed by atoms with Gasteiger partial charge in [0.2, 0.25) is 0 Å². The summed E-state index contributed by atoms with van der Waals surface area (Å²) in [7, 11) is -0.243. The number of ether oxygens (including phenoxy) is 1. The Kier molecular flexibility index (Phi) is 7.58. The summed E-state index contributed by atoms with van der Waals surface area (Å²) in [6.45, 7) is 1.98. The van der Waals surface area contributed by atoms with Crippen molar-refractivity contribution >= 4 is 28.6 Å². The van der Waals surface area contributed by atoms with E-state index in [0.717, 1.165) is 5.56 Å². The van der Waals surface area contributed by atoms with Gasteiger partial charge < -0.3 is 4.74 Å². The van der Waals surface area contributed by atoms with E-state index in [-0.39, 0.29) is 16.9 Å². The molecule has 0 saturated carbocycles. The van der Waals surface area contributed by atoms with E-state index in [0.29, 0.717) is 11.3 Å².